The van der Waals surface area contributed by atoms with Crippen LogP contribution in [-0.4, -0.2) is 51.9 Å². The van der Waals surface area contributed by atoms with Gasteiger partial charge in [0.2, 0.25) is 5.75 Å². The van der Waals surface area contributed by atoms with Crippen LogP contribution in [0.15, 0.2) is 47.9 Å². The second-order valence-electron chi connectivity index (χ2n) is 6.86. The molecule has 2 aromatic carbocycles. The minimum atomic E-state index is -1.12. The number of ether oxygens (including phenoxy) is 5. The summed E-state index contributed by atoms with van der Waals surface area (Å²) < 4.78 is 26.9. The fourth-order valence-electron chi connectivity index (χ4n) is 3.25. The van der Waals surface area contributed by atoms with Crippen molar-refractivity contribution in [3.8, 4) is 39.2 Å². The number of hydrogen-bond acceptors (Lipinski definition) is 8. The summed E-state index contributed by atoms with van der Waals surface area (Å²) in [4.78, 5) is 25.0. The van der Waals surface area contributed by atoms with Gasteiger partial charge in [-0.25, -0.2) is 4.79 Å². The molecule has 0 amide bonds. The van der Waals surface area contributed by atoms with Gasteiger partial charge in [-0.15, -0.1) is 11.3 Å². The number of ketones is 1. The third-order valence-corrected chi connectivity index (χ3v) is 5.74. The van der Waals surface area contributed by atoms with Gasteiger partial charge >= 0.3 is 5.97 Å². The lowest BCUT2D eigenvalue weighted by atomic mass is 10.0. The molecule has 1 aromatic heterocycles. The number of rotatable bonds is 11. The van der Waals surface area contributed by atoms with Gasteiger partial charge in [0.15, 0.2) is 23.9 Å². The molecule has 0 saturated carbocycles. The summed E-state index contributed by atoms with van der Waals surface area (Å²) in [6.07, 6.45) is 2.94. The Hall–Kier alpha value is -3.98. The van der Waals surface area contributed by atoms with Gasteiger partial charge in [-0.05, 0) is 41.8 Å². The molecule has 3 aromatic rings. The number of carboxylic acids is 1. The monoisotopic (exact) mass is 484 g/mol. The predicted octanol–water partition coefficient (Wildman–Crippen LogP) is 4.81. The molecule has 1 N–H and O–H groups in total. The lowest BCUT2D eigenvalue weighted by Crippen LogP contribution is -2.10. The van der Waals surface area contributed by atoms with Crippen LogP contribution in [0.5, 0.6) is 28.7 Å². The van der Waals surface area contributed by atoms with Gasteiger partial charge in [0.05, 0.1) is 28.4 Å². The third-order valence-electron chi connectivity index (χ3n) is 4.83. The number of hydrogen-bond donors (Lipinski definition) is 1. The quantitative estimate of drug-likeness (QED) is 0.306. The number of allylic oxidation sites excluding steroid dienone is 1. The number of carbonyl (C=O) groups excluding carboxylic acids is 1. The van der Waals surface area contributed by atoms with Crippen LogP contribution < -0.4 is 23.7 Å². The molecule has 3 rings (SSSR count). The summed E-state index contributed by atoms with van der Waals surface area (Å²) in [6.45, 7) is -0.539. The maximum Gasteiger partial charge on any atom is 0.341 e. The molecule has 0 radical (unpaired) electrons. The Bertz CT molecular complexity index is 1170. The standard InChI is InChI=1S/C25H24O8S/c1-29-20-13-19(33-14-24(27)28)15(10-17(20)23-6-5-9-34-23)7-8-18(26)16-11-21(30-2)25(32-4)22(12-16)31-3/h5-13H,14H2,1-4H3,(H,27,28). The Morgan fingerprint density at radius 3 is 2.12 bits per heavy atom. The first-order valence-corrected chi connectivity index (χ1v) is 10.9. The highest BCUT2D eigenvalue weighted by Crippen LogP contribution is 2.40. The van der Waals surface area contributed by atoms with Crippen LogP contribution in [0.3, 0.4) is 0 Å². The van der Waals surface area contributed by atoms with Crippen molar-refractivity contribution in [2.24, 2.45) is 0 Å². The summed E-state index contributed by atoms with van der Waals surface area (Å²) in [6, 6.07) is 10.4. The van der Waals surface area contributed by atoms with E-state index in [9.17, 15) is 9.59 Å². The van der Waals surface area contributed by atoms with Gasteiger partial charge in [-0.2, -0.15) is 0 Å². The molecule has 0 atom stereocenters. The maximum absolute atomic E-state index is 13.0. The number of aliphatic carboxylic acids is 1. The SMILES string of the molecule is COc1cc(OCC(=O)O)c(C=CC(=O)c2cc(OC)c(OC)c(OC)c2)cc1-c1cccs1. The normalized spacial score (nSPS) is 10.7. The fourth-order valence-corrected chi connectivity index (χ4v) is 4.00. The van der Waals surface area contributed by atoms with Crippen molar-refractivity contribution in [1.82, 2.24) is 0 Å². The van der Waals surface area contributed by atoms with Gasteiger partial charge in [0.1, 0.15) is 11.5 Å². The molecule has 178 valence electrons. The summed E-state index contributed by atoms with van der Waals surface area (Å²) >= 11 is 1.53. The minimum absolute atomic E-state index is 0.272. The molecule has 0 spiro atoms. The zero-order valence-electron chi connectivity index (χ0n) is 19.1. The van der Waals surface area contributed by atoms with Gasteiger partial charge in [0, 0.05) is 27.6 Å². The summed E-state index contributed by atoms with van der Waals surface area (Å²) in [7, 11) is 5.94. The van der Waals surface area contributed by atoms with Crippen LogP contribution in [-0.2, 0) is 4.79 Å². The first-order chi connectivity index (χ1) is 16.4. The molecule has 9 heteroatoms. The van der Waals surface area contributed by atoms with E-state index in [-0.39, 0.29) is 11.5 Å². The molecule has 0 aliphatic carbocycles. The Morgan fingerprint density at radius 1 is 0.912 bits per heavy atom. The second kappa shape index (κ2) is 11.2. The summed E-state index contributed by atoms with van der Waals surface area (Å²) in [5.41, 5.74) is 1.64. The Kier molecular flexibility index (Phi) is 8.15. The van der Waals surface area contributed by atoms with Crippen molar-refractivity contribution < 1.29 is 38.4 Å². The molecule has 0 aliphatic rings. The highest BCUT2D eigenvalue weighted by Gasteiger charge is 2.17. The molecule has 34 heavy (non-hydrogen) atoms. The topological polar surface area (TPSA) is 101 Å². The van der Waals surface area contributed by atoms with E-state index in [0.717, 1.165) is 10.4 Å². The largest absolute Gasteiger partial charge is 0.496 e. The zero-order chi connectivity index (χ0) is 24.7. The first kappa shape index (κ1) is 24.7. The van der Waals surface area contributed by atoms with Crippen molar-refractivity contribution in [2.45, 2.75) is 0 Å². The average molecular weight is 485 g/mol. The molecule has 0 bridgehead atoms. The van der Waals surface area contributed by atoms with E-state index in [1.165, 1.54) is 45.9 Å². The Balaban J connectivity index is 2.03. The van der Waals surface area contributed by atoms with Crippen LogP contribution in [0.4, 0.5) is 0 Å². The third kappa shape index (κ3) is 5.49. The highest BCUT2D eigenvalue weighted by molar-refractivity contribution is 7.13. The number of carbonyl (C=O) groups is 2. The van der Waals surface area contributed by atoms with Crippen molar-refractivity contribution in [2.75, 3.05) is 35.0 Å². The molecule has 1 heterocycles. The first-order valence-electron chi connectivity index (χ1n) is 10.0. The number of carboxylic acid groups (broad SMARTS) is 1. The van der Waals surface area contributed by atoms with Crippen molar-refractivity contribution in [1.29, 1.82) is 0 Å². The number of benzene rings is 2. The van der Waals surface area contributed by atoms with Crippen LogP contribution in [0.1, 0.15) is 15.9 Å². The Labute approximate surface area is 200 Å². The van der Waals surface area contributed by atoms with E-state index in [1.807, 2.05) is 17.5 Å². The van der Waals surface area contributed by atoms with Crippen LogP contribution in [0.25, 0.3) is 16.5 Å². The van der Waals surface area contributed by atoms with E-state index in [2.05, 4.69) is 0 Å². The molecular weight excluding hydrogens is 460 g/mol. The van der Waals surface area contributed by atoms with E-state index in [0.29, 0.717) is 34.1 Å². The van der Waals surface area contributed by atoms with Gasteiger partial charge in [-0.1, -0.05) is 6.07 Å². The van der Waals surface area contributed by atoms with Crippen LogP contribution >= 0.6 is 11.3 Å². The van der Waals surface area contributed by atoms with Gasteiger partial charge in [0.25, 0.3) is 0 Å². The van der Waals surface area contributed by atoms with E-state index < -0.39 is 12.6 Å². The second-order valence-corrected chi connectivity index (χ2v) is 7.81. The van der Waals surface area contributed by atoms with Crippen molar-refractivity contribution >= 4 is 29.2 Å². The molecule has 0 aliphatic heterocycles. The minimum Gasteiger partial charge on any atom is -0.496 e. The highest BCUT2D eigenvalue weighted by atomic mass is 32.1. The van der Waals surface area contributed by atoms with Gasteiger partial charge in [-0.3, -0.25) is 4.79 Å². The van der Waals surface area contributed by atoms with E-state index in [1.54, 1.807) is 30.3 Å². The zero-order valence-corrected chi connectivity index (χ0v) is 19.9. The van der Waals surface area contributed by atoms with Crippen LogP contribution in [0.2, 0.25) is 0 Å². The summed E-state index contributed by atoms with van der Waals surface area (Å²) in [5, 5.41) is 11.0. The van der Waals surface area contributed by atoms with Crippen LogP contribution in [0, 0.1) is 0 Å². The molecule has 0 fully saturated rings. The van der Waals surface area contributed by atoms with E-state index >= 15 is 0 Å². The smallest absolute Gasteiger partial charge is 0.341 e. The fraction of sp³-hybridized carbons (Fsp3) is 0.200. The summed E-state index contributed by atoms with van der Waals surface area (Å²) in [5.74, 6) is 0.443. The average Bonchev–Trinajstić information content (AvgIpc) is 3.39. The van der Waals surface area contributed by atoms with Crippen molar-refractivity contribution in [3.05, 3.63) is 59.0 Å². The molecule has 8 nitrogen and oxygen atoms in total. The number of methoxy groups -OCH3 is 4. The lowest BCUT2D eigenvalue weighted by molar-refractivity contribution is -0.139. The van der Waals surface area contributed by atoms with Gasteiger partial charge < -0.3 is 28.8 Å². The molecule has 0 unspecified atom stereocenters. The number of thiophene rings is 1. The van der Waals surface area contributed by atoms with E-state index in [4.69, 9.17) is 28.8 Å². The van der Waals surface area contributed by atoms with Crippen molar-refractivity contribution in [3.63, 3.8) is 0 Å². The molecular formula is C25H24O8S. The predicted molar refractivity (Wildman–Crippen MR) is 129 cm³/mol. The maximum atomic E-state index is 13.0. The Morgan fingerprint density at radius 2 is 1.59 bits per heavy atom. The molecule has 0 saturated heterocycles. The lowest BCUT2D eigenvalue weighted by Gasteiger charge is -2.14.